The highest BCUT2D eigenvalue weighted by Gasteiger charge is 2.57. The molecule has 0 amide bonds. The molecule has 4 heterocycles. The molecule has 170 valence electrons. The van der Waals surface area contributed by atoms with E-state index in [0.717, 1.165) is 35.8 Å². The van der Waals surface area contributed by atoms with Crippen LogP contribution < -0.4 is 4.90 Å². The molecule has 1 aliphatic carbocycles. The van der Waals surface area contributed by atoms with Crippen LogP contribution in [0.2, 0.25) is 0 Å². The van der Waals surface area contributed by atoms with Crippen molar-refractivity contribution in [2.45, 2.75) is 32.7 Å². The fraction of sp³-hybridized carbons (Fsp3) is 0.440. The van der Waals surface area contributed by atoms with Crippen LogP contribution in [0.15, 0.2) is 30.5 Å². The van der Waals surface area contributed by atoms with Crippen molar-refractivity contribution in [3.8, 4) is 11.3 Å². The first-order valence-electron chi connectivity index (χ1n) is 11.6. The number of piperidine rings is 1. The molecule has 3 aromatic heterocycles. The predicted molar refractivity (Wildman–Crippen MR) is 127 cm³/mol. The molecule has 0 radical (unpaired) electrons. The van der Waals surface area contributed by atoms with Crippen LogP contribution in [0.25, 0.3) is 27.8 Å². The molecular formula is C25H28FN7. The van der Waals surface area contributed by atoms with Gasteiger partial charge < -0.3 is 9.80 Å². The third-order valence-electron chi connectivity index (χ3n) is 7.20. The van der Waals surface area contributed by atoms with Gasteiger partial charge in [0.25, 0.3) is 0 Å². The first-order chi connectivity index (χ1) is 15.8. The molecule has 8 heteroatoms. The second kappa shape index (κ2) is 7.18. The summed E-state index contributed by atoms with van der Waals surface area (Å²) in [5.41, 5.74) is 4.76. The monoisotopic (exact) mass is 445 g/mol. The van der Waals surface area contributed by atoms with Crippen LogP contribution in [0.5, 0.6) is 0 Å². The zero-order valence-corrected chi connectivity index (χ0v) is 19.6. The summed E-state index contributed by atoms with van der Waals surface area (Å²) >= 11 is 0. The lowest BCUT2D eigenvalue weighted by atomic mass is 10.0. The van der Waals surface area contributed by atoms with E-state index in [9.17, 15) is 0 Å². The van der Waals surface area contributed by atoms with Crippen molar-refractivity contribution in [1.29, 1.82) is 0 Å². The standard InChI is InChI=1S/C25H28FN7/c1-13(2)16-8-21(30-33-10-14(3)27-25(16)33)15-6-20(26)17-9-23(29-28-22(17)7-15)32-11-18-19(12-32)24(18)31(4)5/h6-10,13,18-19,24H,11-12H2,1-5H3/t18-,19+,24?. The van der Waals surface area contributed by atoms with Crippen molar-refractivity contribution in [3.05, 3.63) is 47.5 Å². The summed E-state index contributed by atoms with van der Waals surface area (Å²) in [4.78, 5) is 9.15. The molecule has 1 aliphatic heterocycles. The van der Waals surface area contributed by atoms with E-state index in [0.29, 0.717) is 40.0 Å². The van der Waals surface area contributed by atoms with Crippen LogP contribution in [0, 0.1) is 24.6 Å². The van der Waals surface area contributed by atoms with Gasteiger partial charge in [0.2, 0.25) is 0 Å². The largest absolute Gasteiger partial charge is 0.354 e. The maximum Gasteiger partial charge on any atom is 0.157 e. The van der Waals surface area contributed by atoms with E-state index in [1.807, 2.05) is 31.3 Å². The Morgan fingerprint density at radius 2 is 1.82 bits per heavy atom. The van der Waals surface area contributed by atoms with Gasteiger partial charge in [-0.25, -0.2) is 13.9 Å². The fourth-order valence-electron chi connectivity index (χ4n) is 5.52. The molecule has 1 saturated carbocycles. The average molecular weight is 446 g/mol. The molecule has 33 heavy (non-hydrogen) atoms. The minimum Gasteiger partial charge on any atom is -0.354 e. The summed E-state index contributed by atoms with van der Waals surface area (Å²) in [7, 11) is 4.28. The molecule has 1 unspecified atom stereocenters. The zero-order valence-electron chi connectivity index (χ0n) is 19.6. The van der Waals surface area contributed by atoms with Crippen LogP contribution in [0.4, 0.5) is 10.2 Å². The van der Waals surface area contributed by atoms with E-state index >= 15 is 4.39 Å². The number of hydrogen-bond donors (Lipinski definition) is 0. The average Bonchev–Trinajstić information content (AvgIpc) is 3.08. The van der Waals surface area contributed by atoms with Crippen LogP contribution >= 0.6 is 0 Å². The summed E-state index contributed by atoms with van der Waals surface area (Å²) in [5, 5.41) is 14.0. The Kier molecular flexibility index (Phi) is 4.46. The summed E-state index contributed by atoms with van der Waals surface area (Å²) in [6, 6.07) is 7.94. The smallest absolute Gasteiger partial charge is 0.157 e. The molecule has 6 rings (SSSR count). The van der Waals surface area contributed by atoms with Gasteiger partial charge in [-0.2, -0.15) is 5.10 Å². The van der Waals surface area contributed by atoms with E-state index in [1.54, 1.807) is 10.6 Å². The Bertz CT molecular complexity index is 1380. The van der Waals surface area contributed by atoms with Gasteiger partial charge in [-0.05, 0) is 63.0 Å². The van der Waals surface area contributed by atoms with Crippen molar-refractivity contribution in [1.82, 2.24) is 29.7 Å². The highest BCUT2D eigenvalue weighted by atomic mass is 19.1. The van der Waals surface area contributed by atoms with Crippen molar-refractivity contribution >= 4 is 22.4 Å². The number of aryl methyl sites for hydroxylation is 1. The maximum atomic E-state index is 15.3. The minimum absolute atomic E-state index is 0.266. The number of anilines is 1. The van der Waals surface area contributed by atoms with E-state index in [2.05, 4.69) is 52.9 Å². The van der Waals surface area contributed by atoms with Gasteiger partial charge in [0.05, 0.1) is 23.1 Å². The molecule has 1 aromatic carbocycles. The van der Waals surface area contributed by atoms with E-state index in [-0.39, 0.29) is 11.7 Å². The number of nitrogens with zero attached hydrogens (tertiary/aromatic N) is 7. The Morgan fingerprint density at radius 3 is 2.52 bits per heavy atom. The summed E-state index contributed by atoms with van der Waals surface area (Å²) in [6.07, 6.45) is 1.90. The molecular weight excluding hydrogens is 417 g/mol. The second-order valence-electron chi connectivity index (χ2n) is 10.1. The van der Waals surface area contributed by atoms with Gasteiger partial charge >= 0.3 is 0 Å². The SMILES string of the molecule is Cc1cn2nc(-c3cc(F)c4cc(N5C[C@@H]6C(N(C)C)[C@@H]6C5)nnc4c3)cc(C(C)C)c2n1. The number of aromatic nitrogens is 5. The van der Waals surface area contributed by atoms with Gasteiger partial charge in [-0.3, -0.25) is 0 Å². The summed E-state index contributed by atoms with van der Waals surface area (Å²) in [6.45, 7) is 8.12. The van der Waals surface area contributed by atoms with Crippen LogP contribution in [0.3, 0.4) is 0 Å². The third kappa shape index (κ3) is 3.27. The zero-order chi connectivity index (χ0) is 23.0. The lowest BCUT2D eigenvalue weighted by Gasteiger charge is -2.22. The molecule has 0 N–H and O–H groups in total. The maximum absolute atomic E-state index is 15.3. The number of benzene rings is 1. The summed E-state index contributed by atoms with van der Waals surface area (Å²) < 4.78 is 17.1. The van der Waals surface area contributed by atoms with E-state index in [4.69, 9.17) is 5.10 Å². The first kappa shape index (κ1) is 20.5. The van der Waals surface area contributed by atoms with Gasteiger partial charge in [0, 0.05) is 35.6 Å². The fourth-order valence-corrected chi connectivity index (χ4v) is 5.52. The predicted octanol–water partition coefficient (Wildman–Crippen LogP) is 3.91. The Balaban J connectivity index is 1.36. The Labute approximate surface area is 192 Å². The number of imidazole rings is 1. The van der Waals surface area contributed by atoms with Crippen LogP contribution in [-0.2, 0) is 0 Å². The quantitative estimate of drug-likeness (QED) is 0.475. The van der Waals surface area contributed by atoms with Crippen molar-refractivity contribution < 1.29 is 4.39 Å². The van der Waals surface area contributed by atoms with Crippen molar-refractivity contribution in [3.63, 3.8) is 0 Å². The lowest BCUT2D eigenvalue weighted by Crippen LogP contribution is -2.31. The first-order valence-corrected chi connectivity index (χ1v) is 11.6. The van der Waals surface area contributed by atoms with Crippen LogP contribution in [-0.4, -0.2) is 62.9 Å². The van der Waals surface area contributed by atoms with Gasteiger partial charge in [-0.1, -0.05) is 13.8 Å². The molecule has 0 bridgehead atoms. The van der Waals surface area contributed by atoms with Gasteiger partial charge in [0.15, 0.2) is 11.5 Å². The molecule has 0 spiro atoms. The topological polar surface area (TPSA) is 62.5 Å². The Morgan fingerprint density at radius 1 is 1.06 bits per heavy atom. The van der Waals surface area contributed by atoms with E-state index in [1.165, 1.54) is 0 Å². The highest BCUT2D eigenvalue weighted by molar-refractivity contribution is 5.86. The Hall–Kier alpha value is -3.13. The molecule has 1 saturated heterocycles. The molecule has 7 nitrogen and oxygen atoms in total. The number of rotatable bonds is 4. The number of hydrogen-bond acceptors (Lipinski definition) is 6. The molecule has 3 atom stereocenters. The number of fused-ring (bicyclic) bond motifs is 3. The third-order valence-corrected chi connectivity index (χ3v) is 7.20. The van der Waals surface area contributed by atoms with Crippen molar-refractivity contribution in [2.75, 3.05) is 32.1 Å². The minimum atomic E-state index is -0.302. The van der Waals surface area contributed by atoms with Gasteiger partial charge in [-0.15, -0.1) is 10.2 Å². The normalized spacial score (nSPS) is 22.2. The molecule has 4 aromatic rings. The molecule has 2 aliphatic rings. The summed E-state index contributed by atoms with van der Waals surface area (Å²) in [5.74, 6) is 2.07. The molecule has 2 fully saturated rings. The van der Waals surface area contributed by atoms with Crippen molar-refractivity contribution in [2.24, 2.45) is 11.8 Å². The number of halogens is 1. The lowest BCUT2D eigenvalue weighted by molar-refractivity contribution is 0.356. The van der Waals surface area contributed by atoms with Crippen LogP contribution in [0.1, 0.15) is 31.0 Å². The van der Waals surface area contributed by atoms with E-state index < -0.39 is 0 Å². The van der Waals surface area contributed by atoms with Gasteiger partial charge in [0.1, 0.15) is 5.82 Å². The highest BCUT2D eigenvalue weighted by Crippen LogP contribution is 2.49. The second-order valence-corrected chi connectivity index (χ2v) is 10.1.